The first-order valence-electron chi connectivity index (χ1n) is 10.4. The Morgan fingerprint density at radius 1 is 1.15 bits per heavy atom. The highest BCUT2D eigenvalue weighted by Crippen LogP contribution is 2.50. The minimum atomic E-state index is -1.29. The van der Waals surface area contributed by atoms with E-state index in [-0.39, 0.29) is 5.56 Å². The maximum atomic E-state index is 13.4. The number of carboxylic acids is 1. The van der Waals surface area contributed by atoms with E-state index >= 15 is 0 Å². The smallest absolute Gasteiger partial charge is 0.329 e. The molecule has 1 aromatic carbocycles. The molecular formula is C22H22N4O7S. The van der Waals surface area contributed by atoms with Gasteiger partial charge < -0.3 is 15.3 Å². The zero-order chi connectivity index (χ0) is 24.9. The molecule has 2 aliphatic rings. The van der Waals surface area contributed by atoms with Crippen LogP contribution in [0.5, 0.6) is 0 Å². The summed E-state index contributed by atoms with van der Waals surface area (Å²) in [6, 6.07) is 4.90. The number of carbonyl (C=O) groups excluding carboxylic acids is 3. The third-order valence-electron chi connectivity index (χ3n) is 5.96. The van der Waals surface area contributed by atoms with Crippen LogP contribution < -0.4 is 16.6 Å². The van der Waals surface area contributed by atoms with Gasteiger partial charge in [-0.15, -0.1) is 11.8 Å². The van der Waals surface area contributed by atoms with Gasteiger partial charge in [0, 0.05) is 10.9 Å². The number of nitrogens with one attached hydrogen (secondary N) is 2. The highest BCUT2D eigenvalue weighted by molar-refractivity contribution is 8.01. The van der Waals surface area contributed by atoms with Gasteiger partial charge in [-0.05, 0) is 26.3 Å². The number of aromatic amines is 1. The number of fused-ring (bicyclic) bond motifs is 1. The lowest BCUT2D eigenvalue weighted by atomic mass is 9.95. The Hall–Kier alpha value is -3.67. The molecule has 2 saturated heterocycles. The number of amides is 2. The number of hydrogen-bond donors (Lipinski definition) is 3. The maximum absolute atomic E-state index is 13.4. The molecule has 4 atom stereocenters. The lowest BCUT2D eigenvalue weighted by Gasteiger charge is -2.44. The van der Waals surface area contributed by atoms with Crippen LogP contribution in [0.4, 0.5) is 0 Å². The summed E-state index contributed by atoms with van der Waals surface area (Å²) in [6.45, 7) is 4.60. The average Bonchev–Trinajstić information content (AvgIpc) is 3.02. The van der Waals surface area contributed by atoms with Crippen molar-refractivity contribution in [3.8, 4) is 0 Å². The van der Waals surface area contributed by atoms with E-state index in [2.05, 4.69) is 10.3 Å². The van der Waals surface area contributed by atoms with Crippen LogP contribution in [0.15, 0.2) is 46.1 Å². The topological polar surface area (TPSA) is 159 Å². The zero-order valence-electron chi connectivity index (χ0n) is 18.5. The number of H-pyrrole nitrogens is 1. The summed E-state index contributed by atoms with van der Waals surface area (Å²) in [7, 11) is 0. The molecule has 1 aromatic heterocycles. The minimum absolute atomic E-state index is 0.295. The average molecular weight is 487 g/mol. The lowest BCUT2D eigenvalue weighted by molar-refractivity contribution is -0.161. The second kappa shape index (κ2) is 8.28. The first kappa shape index (κ1) is 23.5. The van der Waals surface area contributed by atoms with Crippen LogP contribution in [-0.4, -0.2) is 65.3 Å². The summed E-state index contributed by atoms with van der Waals surface area (Å²) in [5.41, 5.74) is -1.68. The Bertz CT molecular complexity index is 1320. The highest BCUT2D eigenvalue weighted by Gasteiger charge is 2.64. The summed E-state index contributed by atoms with van der Waals surface area (Å²) >= 11 is 1.27. The Labute approximate surface area is 197 Å². The van der Waals surface area contributed by atoms with Crippen LogP contribution in [-0.2, 0) is 14.4 Å². The SMILES string of the molecule is CC(=O)c1cn(C(C(=O)N[C@@H]2C(=O)N3[C@@H]2SC(C)(C)[C@@H]3C(=O)O)c2ccccc2)c(=O)[nH]c1=O. The number of aromatic nitrogens is 2. The third kappa shape index (κ3) is 3.73. The van der Waals surface area contributed by atoms with E-state index in [0.29, 0.717) is 5.56 Å². The number of benzene rings is 1. The molecule has 2 aliphatic heterocycles. The monoisotopic (exact) mass is 486 g/mol. The number of thioether (sulfide) groups is 1. The Kier molecular flexibility index (Phi) is 5.72. The first-order chi connectivity index (χ1) is 15.9. The molecule has 0 bridgehead atoms. The minimum Gasteiger partial charge on any atom is -0.480 e. The van der Waals surface area contributed by atoms with Crippen molar-refractivity contribution in [3.63, 3.8) is 0 Å². The van der Waals surface area contributed by atoms with Gasteiger partial charge in [0.15, 0.2) is 5.78 Å². The number of Topliss-reactive ketones (excluding diaryl/α,β-unsaturated/α-hetero) is 1. The van der Waals surface area contributed by atoms with E-state index < -0.39 is 63.1 Å². The molecule has 11 nitrogen and oxygen atoms in total. The van der Waals surface area contributed by atoms with Gasteiger partial charge in [-0.1, -0.05) is 30.3 Å². The summed E-state index contributed by atoms with van der Waals surface area (Å²) < 4.78 is 0.173. The number of carbonyl (C=O) groups is 4. The third-order valence-corrected chi connectivity index (χ3v) is 7.53. The van der Waals surface area contributed by atoms with Crippen molar-refractivity contribution in [2.24, 2.45) is 0 Å². The quantitative estimate of drug-likeness (QED) is 0.379. The Morgan fingerprint density at radius 2 is 1.79 bits per heavy atom. The molecule has 2 aromatic rings. The van der Waals surface area contributed by atoms with E-state index in [1.165, 1.54) is 16.7 Å². The standard InChI is InChI=1S/C22H22N4O7S/c1-10(27)12-9-25(21(33)24-16(12)28)14(11-7-5-4-6-8-11)17(29)23-13-18(30)26-15(20(31)32)22(2,3)34-19(13)26/h4-9,13-15,19H,1-3H3,(H,23,29)(H,31,32)(H,24,28,33)/t13-,14?,15+,19-/m1/s1. The second-order valence-corrected chi connectivity index (χ2v) is 10.4. The van der Waals surface area contributed by atoms with Crippen LogP contribution in [0.2, 0.25) is 0 Å². The summed E-state index contributed by atoms with van der Waals surface area (Å²) in [5.74, 6) is -2.97. The van der Waals surface area contributed by atoms with E-state index in [4.69, 9.17) is 0 Å². The van der Waals surface area contributed by atoms with Crippen molar-refractivity contribution < 1.29 is 24.3 Å². The fourth-order valence-electron chi connectivity index (χ4n) is 4.38. The van der Waals surface area contributed by atoms with Crippen molar-refractivity contribution in [1.29, 1.82) is 0 Å². The second-order valence-electron chi connectivity index (χ2n) is 8.66. The highest BCUT2D eigenvalue weighted by atomic mass is 32.2. The molecule has 3 heterocycles. The number of β-lactam (4-membered cyclic amide) rings is 1. The van der Waals surface area contributed by atoms with Gasteiger partial charge >= 0.3 is 11.7 Å². The summed E-state index contributed by atoms with van der Waals surface area (Å²) in [6.07, 6.45) is 1.03. The van der Waals surface area contributed by atoms with E-state index in [0.717, 1.165) is 17.7 Å². The van der Waals surface area contributed by atoms with Crippen molar-refractivity contribution >= 4 is 35.3 Å². The van der Waals surface area contributed by atoms with Gasteiger partial charge in [0.05, 0.1) is 5.56 Å². The number of carboxylic acid groups (broad SMARTS) is 1. The summed E-state index contributed by atoms with van der Waals surface area (Å²) in [4.78, 5) is 77.8. The summed E-state index contributed by atoms with van der Waals surface area (Å²) in [5, 5.41) is 11.6. The molecule has 0 aliphatic carbocycles. The van der Waals surface area contributed by atoms with Crippen molar-refractivity contribution in [2.75, 3.05) is 0 Å². The number of aliphatic carboxylic acids is 1. The van der Waals surface area contributed by atoms with Crippen LogP contribution in [0, 0.1) is 0 Å². The molecule has 4 rings (SSSR count). The van der Waals surface area contributed by atoms with Gasteiger partial charge in [0.25, 0.3) is 5.56 Å². The largest absolute Gasteiger partial charge is 0.480 e. The van der Waals surface area contributed by atoms with Crippen molar-refractivity contribution in [1.82, 2.24) is 19.8 Å². The molecular weight excluding hydrogens is 464 g/mol. The van der Waals surface area contributed by atoms with Crippen LogP contribution >= 0.6 is 11.8 Å². The van der Waals surface area contributed by atoms with Crippen molar-refractivity contribution in [3.05, 3.63) is 68.5 Å². The molecule has 178 valence electrons. The van der Waals surface area contributed by atoms with Gasteiger partial charge in [-0.3, -0.25) is 28.7 Å². The van der Waals surface area contributed by atoms with Crippen LogP contribution in [0.1, 0.15) is 42.7 Å². The van der Waals surface area contributed by atoms with Gasteiger partial charge in [-0.2, -0.15) is 0 Å². The van der Waals surface area contributed by atoms with Gasteiger partial charge in [-0.25, -0.2) is 9.59 Å². The fourth-order valence-corrected chi connectivity index (χ4v) is 6.00. The molecule has 0 spiro atoms. The molecule has 2 amide bonds. The molecule has 34 heavy (non-hydrogen) atoms. The molecule has 3 N–H and O–H groups in total. The van der Waals surface area contributed by atoms with Gasteiger partial charge in [0.2, 0.25) is 11.8 Å². The first-order valence-corrected chi connectivity index (χ1v) is 11.3. The number of rotatable bonds is 6. The number of nitrogens with zero attached hydrogens (tertiary/aromatic N) is 2. The van der Waals surface area contributed by atoms with Crippen molar-refractivity contribution in [2.45, 2.75) is 49.0 Å². The van der Waals surface area contributed by atoms with Gasteiger partial charge in [0.1, 0.15) is 23.5 Å². The van der Waals surface area contributed by atoms with Crippen LogP contribution in [0.25, 0.3) is 0 Å². The molecule has 2 fully saturated rings. The zero-order valence-corrected chi connectivity index (χ0v) is 19.3. The Morgan fingerprint density at radius 3 is 2.38 bits per heavy atom. The predicted molar refractivity (Wildman–Crippen MR) is 122 cm³/mol. The number of hydrogen-bond acceptors (Lipinski definition) is 7. The molecule has 12 heteroatoms. The predicted octanol–water partition coefficient (Wildman–Crippen LogP) is -0.0397. The van der Waals surface area contributed by atoms with E-state index in [1.807, 2.05) is 0 Å². The maximum Gasteiger partial charge on any atom is 0.329 e. The molecule has 1 unspecified atom stereocenters. The van der Waals surface area contributed by atoms with E-state index in [9.17, 15) is 33.9 Å². The van der Waals surface area contributed by atoms with Crippen LogP contribution in [0.3, 0.4) is 0 Å². The molecule has 0 radical (unpaired) electrons. The molecule has 0 saturated carbocycles. The lowest BCUT2D eigenvalue weighted by Crippen LogP contribution is -2.71. The normalized spacial score (nSPS) is 23.6. The fraction of sp³-hybridized carbons (Fsp3) is 0.364. The Balaban J connectivity index is 1.70. The number of ketones is 1. The van der Waals surface area contributed by atoms with E-state index in [1.54, 1.807) is 44.2 Å².